The second kappa shape index (κ2) is 7.87. The van der Waals surface area contributed by atoms with Gasteiger partial charge in [-0.05, 0) is 26.1 Å². The summed E-state index contributed by atoms with van der Waals surface area (Å²) in [6, 6.07) is 11.6. The van der Waals surface area contributed by atoms with E-state index in [-0.39, 0.29) is 5.97 Å². The van der Waals surface area contributed by atoms with Gasteiger partial charge in [-0.2, -0.15) is 0 Å². The highest BCUT2D eigenvalue weighted by atomic mass is 16.5. The van der Waals surface area contributed by atoms with E-state index in [4.69, 9.17) is 9.47 Å². The monoisotopic (exact) mass is 302 g/mol. The summed E-state index contributed by atoms with van der Waals surface area (Å²) in [6.45, 7) is 3.33. The van der Waals surface area contributed by atoms with Gasteiger partial charge in [0.05, 0.1) is 24.9 Å². The molecule has 2 aromatic rings. The average Bonchev–Trinajstić information content (AvgIpc) is 2.54. The Morgan fingerprint density at radius 1 is 1.27 bits per heavy atom. The zero-order valence-corrected chi connectivity index (χ0v) is 13.3. The minimum atomic E-state index is -0.432. The molecular formula is C17H22N2O3. The number of carbonyl (C=O) groups is 1. The summed E-state index contributed by atoms with van der Waals surface area (Å²) >= 11 is 0. The number of carbonyl (C=O) groups excluding carboxylic acids is 1. The van der Waals surface area contributed by atoms with Crippen LogP contribution in [0.3, 0.4) is 0 Å². The standard InChI is InChI=1S/C17H22N2O3/c1-4-22-12-16(17(20)21-3)19(2)11-14-10-9-13-7-5-6-8-15(13)18-14/h5-10,16H,4,11-12H2,1-3H3/t16-/m1/s1. The number of esters is 1. The summed E-state index contributed by atoms with van der Waals surface area (Å²) in [5, 5.41) is 1.10. The Kier molecular flexibility index (Phi) is 5.86. The van der Waals surface area contributed by atoms with Crippen LogP contribution >= 0.6 is 0 Å². The number of hydrogen-bond donors (Lipinski definition) is 0. The van der Waals surface area contributed by atoms with Gasteiger partial charge in [-0.1, -0.05) is 24.3 Å². The summed E-state index contributed by atoms with van der Waals surface area (Å²) in [4.78, 5) is 18.4. The van der Waals surface area contributed by atoms with E-state index in [2.05, 4.69) is 4.98 Å². The molecule has 0 saturated heterocycles. The largest absolute Gasteiger partial charge is 0.468 e. The summed E-state index contributed by atoms with van der Waals surface area (Å²) < 4.78 is 10.2. The third-order valence-electron chi connectivity index (χ3n) is 3.55. The Morgan fingerprint density at radius 3 is 2.77 bits per heavy atom. The molecular weight excluding hydrogens is 280 g/mol. The number of pyridine rings is 1. The van der Waals surface area contributed by atoms with Crippen molar-refractivity contribution in [2.75, 3.05) is 27.4 Å². The number of hydrogen-bond acceptors (Lipinski definition) is 5. The highest BCUT2D eigenvalue weighted by molar-refractivity contribution is 5.78. The van der Waals surface area contributed by atoms with Crippen LogP contribution in [0, 0.1) is 0 Å². The maximum Gasteiger partial charge on any atom is 0.325 e. The van der Waals surface area contributed by atoms with Gasteiger partial charge in [0.2, 0.25) is 0 Å². The molecule has 1 atom stereocenters. The van der Waals surface area contributed by atoms with Crippen LogP contribution in [0.5, 0.6) is 0 Å². The van der Waals surface area contributed by atoms with Crippen molar-refractivity contribution >= 4 is 16.9 Å². The molecule has 5 nitrogen and oxygen atoms in total. The highest BCUT2D eigenvalue weighted by Crippen LogP contribution is 2.14. The minimum absolute atomic E-state index is 0.295. The van der Waals surface area contributed by atoms with E-state index in [1.165, 1.54) is 7.11 Å². The molecule has 0 aliphatic heterocycles. The van der Waals surface area contributed by atoms with Crippen LogP contribution in [0.15, 0.2) is 36.4 Å². The van der Waals surface area contributed by atoms with Crippen molar-refractivity contribution < 1.29 is 14.3 Å². The lowest BCUT2D eigenvalue weighted by molar-refractivity contribution is -0.149. The third kappa shape index (κ3) is 4.02. The van der Waals surface area contributed by atoms with E-state index in [1.807, 2.05) is 55.3 Å². The Morgan fingerprint density at radius 2 is 2.05 bits per heavy atom. The zero-order chi connectivity index (χ0) is 15.9. The van der Waals surface area contributed by atoms with Gasteiger partial charge in [0, 0.05) is 18.5 Å². The predicted octanol–water partition coefficient (Wildman–Crippen LogP) is 2.24. The smallest absolute Gasteiger partial charge is 0.325 e. The van der Waals surface area contributed by atoms with Gasteiger partial charge >= 0.3 is 5.97 Å². The number of fused-ring (bicyclic) bond motifs is 1. The molecule has 0 unspecified atom stereocenters. The van der Waals surface area contributed by atoms with Gasteiger partial charge in [-0.3, -0.25) is 14.7 Å². The van der Waals surface area contributed by atoms with Crippen molar-refractivity contribution in [1.82, 2.24) is 9.88 Å². The summed E-state index contributed by atoms with van der Waals surface area (Å²) in [6.07, 6.45) is 0. The van der Waals surface area contributed by atoms with Gasteiger partial charge in [-0.25, -0.2) is 0 Å². The van der Waals surface area contributed by atoms with Crippen molar-refractivity contribution in [3.8, 4) is 0 Å². The molecule has 118 valence electrons. The van der Waals surface area contributed by atoms with E-state index in [0.717, 1.165) is 16.6 Å². The van der Waals surface area contributed by atoms with E-state index >= 15 is 0 Å². The predicted molar refractivity (Wildman–Crippen MR) is 85.5 cm³/mol. The molecule has 1 heterocycles. The molecule has 0 amide bonds. The zero-order valence-electron chi connectivity index (χ0n) is 13.3. The Hall–Kier alpha value is -1.98. The maximum atomic E-state index is 11.9. The van der Waals surface area contributed by atoms with Crippen LogP contribution in [0.4, 0.5) is 0 Å². The molecule has 2 rings (SSSR count). The summed E-state index contributed by atoms with van der Waals surface area (Å²) in [5.74, 6) is -0.295. The lowest BCUT2D eigenvalue weighted by Gasteiger charge is -2.25. The van der Waals surface area contributed by atoms with Crippen molar-refractivity contribution in [1.29, 1.82) is 0 Å². The number of methoxy groups -OCH3 is 1. The lowest BCUT2D eigenvalue weighted by Crippen LogP contribution is -2.42. The van der Waals surface area contributed by atoms with Crippen LogP contribution in [0.25, 0.3) is 10.9 Å². The number of rotatable bonds is 7. The number of likely N-dealkylation sites (N-methyl/N-ethyl adjacent to an activating group) is 1. The topological polar surface area (TPSA) is 51.7 Å². The quantitative estimate of drug-likeness (QED) is 0.734. The van der Waals surface area contributed by atoms with Crippen molar-refractivity contribution in [3.63, 3.8) is 0 Å². The molecule has 22 heavy (non-hydrogen) atoms. The summed E-state index contributed by atoms with van der Waals surface area (Å²) in [7, 11) is 3.26. The number of ether oxygens (including phenoxy) is 2. The van der Waals surface area contributed by atoms with Crippen molar-refractivity contribution in [2.45, 2.75) is 19.5 Å². The molecule has 0 spiro atoms. The van der Waals surface area contributed by atoms with Crippen molar-refractivity contribution in [2.24, 2.45) is 0 Å². The second-order valence-corrected chi connectivity index (χ2v) is 5.11. The number of aromatic nitrogens is 1. The van der Waals surface area contributed by atoms with E-state index in [9.17, 15) is 4.79 Å². The molecule has 0 bridgehead atoms. The Bertz CT molecular complexity index is 630. The van der Waals surface area contributed by atoms with Gasteiger partial charge in [-0.15, -0.1) is 0 Å². The van der Waals surface area contributed by atoms with E-state index < -0.39 is 6.04 Å². The van der Waals surface area contributed by atoms with Crippen LogP contribution in [-0.4, -0.2) is 49.3 Å². The molecule has 1 aromatic heterocycles. The Balaban J connectivity index is 2.12. The first-order valence-electron chi connectivity index (χ1n) is 7.36. The molecule has 5 heteroatoms. The molecule has 1 aromatic carbocycles. The first-order chi connectivity index (χ1) is 10.7. The molecule has 0 N–H and O–H groups in total. The second-order valence-electron chi connectivity index (χ2n) is 5.11. The van der Waals surface area contributed by atoms with Crippen LogP contribution < -0.4 is 0 Å². The van der Waals surface area contributed by atoms with Crippen LogP contribution in [-0.2, 0) is 20.8 Å². The van der Waals surface area contributed by atoms with Crippen LogP contribution in [0.1, 0.15) is 12.6 Å². The summed E-state index contributed by atoms with van der Waals surface area (Å²) in [5.41, 5.74) is 1.86. The fraction of sp³-hybridized carbons (Fsp3) is 0.412. The molecule has 0 aliphatic rings. The van der Waals surface area contributed by atoms with Crippen LogP contribution in [0.2, 0.25) is 0 Å². The number of para-hydroxylation sites is 1. The third-order valence-corrected chi connectivity index (χ3v) is 3.55. The lowest BCUT2D eigenvalue weighted by atomic mass is 10.2. The van der Waals surface area contributed by atoms with E-state index in [1.54, 1.807) is 0 Å². The first kappa shape index (κ1) is 16.4. The molecule has 0 radical (unpaired) electrons. The van der Waals surface area contributed by atoms with E-state index in [0.29, 0.717) is 19.8 Å². The Labute approximate surface area is 130 Å². The SMILES string of the molecule is CCOC[C@H](C(=O)OC)N(C)Cc1ccc2ccccc2n1. The maximum absolute atomic E-state index is 11.9. The van der Waals surface area contributed by atoms with Gasteiger partial charge in [0.25, 0.3) is 0 Å². The average molecular weight is 302 g/mol. The molecule has 0 saturated carbocycles. The van der Waals surface area contributed by atoms with Gasteiger partial charge < -0.3 is 9.47 Å². The molecule has 0 aliphatic carbocycles. The van der Waals surface area contributed by atoms with Gasteiger partial charge in [0.1, 0.15) is 6.04 Å². The number of benzene rings is 1. The number of nitrogens with zero attached hydrogens (tertiary/aromatic N) is 2. The first-order valence-corrected chi connectivity index (χ1v) is 7.36. The fourth-order valence-electron chi connectivity index (χ4n) is 2.30. The normalized spacial score (nSPS) is 12.5. The minimum Gasteiger partial charge on any atom is -0.468 e. The van der Waals surface area contributed by atoms with Crippen molar-refractivity contribution in [3.05, 3.63) is 42.1 Å². The highest BCUT2D eigenvalue weighted by Gasteiger charge is 2.24. The van der Waals surface area contributed by atoms with Gasteiger partial charge in [0.15, 0.2) is 0 Å². The molecule has 0 fully saturated rings. The fourth-order valence-corrected chi connectivity index (χ4v) is 2.30.